The molecular formula is C14H7F5O3S. The fraction of sp³-hybridized carbons (Fsp3) is 0. The van der Waals surface area contributed by atoms with Crippen molar-refractivity contribution in [1.29, 1.82) is 0 Å². The maximum absolute atomic E-state index is 13.4. The van der Waals surface area contributed by atoms with Crippen LogP contribution >= 0.6 is 0 Å². The average Bonchev–Trinajstić information content (AvgIpc) is 2.55. The van der Waals surface area contributed by atoms with Gasteiger partial charge in [-0.25, -0.2) is 13.2 Å². The Labute approximate surface area is 127 Å². The molecule has 0 aromatic heterocycles. The van der Waals surface area contributed by atoms with Crippen LogP contribution < -0.4 is 4.18 Å². The van der Waals surface area contributed by atoms with Gasteiger partial charge in [-0.05, 0) is 17.7 Å². The summed E-state index contributed by atoms with van der Waals surface area (Å²) in [5.74, 6) is -13.7. The number of hydrogen-bond donors (Lipinski definition) is 0. The standard InChI is InChI=1S/C14H7F5O3S/c1-2-7-3-5-8(6-4-7)23(20,21)22-14-12(18)10(16)9(15)11(17)13(14)19/h2-6H,1H2. The summed E-state index contributed by atoms with van der Waals surface area (Å²) >= 11 is 0. The minimum atomic E-state index is -4.80. The topological polar surface area (TPSA) is 43.4 Å². The Morgan fingerprint density at radius 1 is 0.826 bits per heavy atom. The van der Waals surface area contributed by atoms with Crippen molar-refractivity contribution in [3.8, 4) is 5.75 Å². The van der Waals surface area contributed by atoms with Crippen molar-refractivity contribution in [1.82, 2.24) is 0 Å². The Bertz CT molecular complexity index is 847. The normalized spacial score (nSPS) is 11.3. The zero-order valence-electron chi connectivity index (χ0n) is 11.1. The Balaban J connectivity index is 2.51. The van der Waals surface area contributed by atoms with Crippen molar-refractivity contribution < 1.29 is 34.6 Å². The average molecular weight is 350 g/mol. The van der Waals surface area contributed by atoms with Crippen LogP contribution in [0.3, 0.4) is 0 Å². The van der Waals surface area contributed by atoms with E-state index in [9.17, 15) is 30.4 Å². The minimum absolute atomic E-state index is 0.535. The Morgan fingerprint density at radius 2 is 1.26 bits per heavy atom. The molecule has 0 spiro atoms. The molecular weight excluding hydrogens is 343 g/mol. The number of rotatable bonds is 4. The first-order valence-corrected chi connectivity index (χ1v) is 7.28. The van der Waals surface area contributed by atoms with Gasteiger partial charge >= 0.3 is 10.1 Å². The molecule has 2 aromatic carbocycles. The van der Waals surface area contributed by atoms with Crippen molar-refractivity contribution in [2.75, 3.05) is 0 Å². The first-order chi connectivity index (χ1) is 10.7. The van der Waals surface area contributed by atoms with Gasteiger partial charge in [-0.1, -0.05) is 24.8 Å². The Kier molecular flexibility index (Phi) is 4.42. The summed E-state index contributed by atoms with van der Waals surface area (Å²) in [5.41, 5.74) is 0.542. The van der Waals surface area contributed by atoms with Gasteiger partial charge in [0.15, 0.2) is 0 Å². The predicted octanol–water partition coefficient (Wildman–Crippen LogP) is 3.79. The van der Waals surface area contributed by atoms with E-state index in [1.54, 1.807) is 0 Å². The lowest BCUT2D eigenvalue weighted by Gasteiger charge is -2.10. The highest BCUT2D eigenvalue weighted by molar-refractivity contribution is 7.87. The van der Waals surface area contributed by atoms with Crippen molar-refractivity contribution >= 4 is 16.2 Å². The van der Waals surface area contributed by atoms with Crippen LogP contribution in [0.4, 0.5) is 22.0 Å². The SMILES string of the molecule is C=Cc1ccc(S(=O)(=O)Oc2c(F)c(F)c(F)c(F)c2F)cc1. The zero-order valence-corrected chi connectivity index (χ0v) is 11.9. The summed E-state index contributed by atoms with van der Waals surface area (Å²) in [7, 11) is -4.80. The third-order valence-electron chi connectivity index (χ3n) is 2.77. The molecule has 0 aliphatic carbocycles. The molecule has 0 bridgehead atoms. The molecule has 2 aromatic rings. The summed E-state index contributed by atoms with van der Waals surface area (Å²) in [5, 5.41) is 0. The van der Waals surface area contributed by atoms with Crippen LogP contribution in [0.15, 0.2) is 35.7 Å². The van der Waals surface area contributed by atoms with Crippen LogP contribution in [0.1, 0.15) is 5.56 Å². The lowest BCUT2D eigenvalue weighted by Crippen LogP contribution is -2.14. The van der Waals surface area contributed by atoms with E-state index in [0.717, 1.165) is 12.1 Å². The second-order valence-corrected chi connectivity index (χ2v) is 5.76. The summed E-state index contributed by atoms with van der Waals surface area (Å²) in [6, 6.07) is 4.67. The molecule has 0 amide bonds. The van der Waals surface area contributed by atoms with Gasteiger partial charge in [0.1, 0.15) is 4.90 Å². The lowest BCUT2D eigenvalue weighted by molar-refractivity contribution is 0.346. The molecule has 23 heavy (non-hydrogen) atoms. The van der Waals surface area contributed by atoms with Gasteiger partial charge in [0.05, 0.1) is 0 Å². The molecule has 0 aliphatic heterocycles. The quantitative estimate of drug-likeness (QED) is 0.365. The molecule has 0 aliphatic rings. The Hall–Kier alpha value is -2.42. The zero-order chi connectivity index (χ0) is 17.4. The Morgan fingerprint density at radius 3 is 1.70 bits per heavy atom. The highest BCUT2D eigenvalue weighted by atomic mass is 32.2. The van der Waals surface area contributed by atoms with E-state index in [0.29, 0.717) is 5.56 Å². The van der Waals surface area contributed by atoms with E-state index < -0.39 is 49.8 Å². The van der Waals surface area contributed by atoms with Crippen LogP contribution in [0.25, 0.3) is 6.08 Å². The van der Waals surface area contributed by atoms with E-state index in [4.69, 9.17) is 0 Å². The number of hydrogen-bond acceptors (Lipinski definition) is 3. The van der Waals surface area contributed by atoms with Gasteiger partial charge in [0.25, 0.3) is 0 Å². The van der Waals surface area contributed by atoms with E-state index in [1.165, 1.54) is 18.2 Å². The summed E-state index contributed by atoms with van der Waals surface area (Å²) < 4.78 is 93.7. The number of halogens is 5. The molecule has 3 nitrogen and oxygen atoms in total. The van der Waals surface area contributed by atoms with Gasteiger partial charge < -0.3 is 4.18 Å². The van der Waals surface area contributed by atoms with Crippen molar-refractivity contribution in [3.63, 3.8) is 0 Å². The highest BCUT2D eigenvalue weighted by Gasteiger charge is 2.30. The molecule has 0 N–H and O–H groups in total. The maximum atomic E-state index is 13.4. The highest BCUT2D eigenvalue weighted by Crippen LogP contribution is 2.31. The largest absolute Gasteiger partial charge is 0.372 e. The van der Waals surface area contributed by atoms with Crippen LogP contribution in [-0.4, -0.2) is 8.42 Å². The van der Waals surface area contributed by atoms with Crippen LogP contribution in [0, 0.1) is 29.1 Å². The van der Waals surface area contributed by atoms with Crippen LogP contribution in [0.5, 0.6) is 5.75 Å². The van der Waals surface area contributed by atoms with Crippen LogP contribution in [0.2, 0.25) is 0 Å². The second-order valence-electron chi connectivity index (χ2n) is 4.21. The van der Waals surface area contributed by atoms with Crippen LogP contribution in [-0.2, 0) is 10.1 Å². The van der Waals surface area contributed by atoms with Gasteiger partial charge in [-0.2, -0.15) is 17.2 Å². The summed E-state index contributed by atoms with van der Waals surface area (Å²) in [6.45, 7) is 3.44. The van der Waals surface area contributed by atoms with Gasteiger partial charge in [-0.15, -0.1) is 0 Å². The molecule has 0 fully saturated rings. The fourth-order valence-corrected chi connectivity index (χ4v) is 2.52. The van der Waals surface area contributed by atoms with Gasteiger partial charge in [0, 0.05) is 0 Å². The molecule has 0 heterocycles. The molecule has 0 atom stereocenters. The van der Waals surface area contributed by atoms with E-state index in [-0.39, 0.29) is 0 Å². The second kappa shape index (κ2) is 5.99. The molecule has 0 saturated heterocycles. The third kappa shape index (κ3) is 3.04. The molecule has 122 valence electrons. The monoisotopic (exact) mass is 350 g/mol. The summed E-state index contributed by atoms with van der Waals surface area (Å²) in [4.78, 5) is -0.535. The van der Waals surface area contributed by atoms with E-state index >= 15 is 0 Å². The van der Waals surface area contributed by atoms with E-state index in [1.807, 2.05) is 0 Å². The number of benzene rings is 2. The first kappa shape index (κ1) is 16.9. The lowest BCUT2D eigenvalue weighted by atomic mass is 10.2. The van der Waals surface area contributed by atoms with Crippen molar-refractivity contribution in [2.45, 2.75) is 4.90 Å². The molecule has 0 saturated carbocycles. The van der Waals surface area contributed by atoms with Crippen molar-refractivity contribution in [2.24, 2.45) is 0 Å². The predicted molar refractivity (Wildman–Crippen MR) is 70.6 cm³/mol. The molecule has 0 radical (unpaired) electrons. The fourth-order valence-electron chi connectivity index (χ4n) is 1.59. The van der Waals surface area contributed by atoms with Gasteiger partial charge in [0.2, 0.25) is 34.8 Å². The molecule has 0 unspecified atom stereocenters. The van der Waals surface area contributed by atoms with E-state index in [2.05, 4.69) is 10.8 Å². The van der Waals surface area contributed by atoms with Gasteiger partial charge in [-0.3, -0.25) is 0 Å². The maximum Gasteiger partial charge on any atom is 0.339 e. The first-order valence-electron chi connectivity index (χ1n) is 5.87. The molecule has 2 rings (SSSR count). The molecule has 9 heteroatoms. The minimum Gasteiger partial charge on any atom is -0.372 e. The smallest absolute Gasteiger partial charge is 0.339 e. The summed E-state index contributed by atoms with van der Waals surface area (Å²) in [6.07, 6.45) is 1.40. The third-order valence-corrected chi connectivity index (χ3v) is 4.00. The van der Waals surface area contributed by atoms with Crippen molar-refractivity contribution in [3.05, 3.63) is 65.5 Å².